The summed E-state index contributed by atoms with van der Waals surface area (Å²) in [6.45, 7) is 1.55. The quantitative estimate of drug-likeness (QED) is 0.847. The predicted molar refractivity (Wildman–Crippen MR) is 71.6 cm³/mol. The lowest BCUT2D eigenvalue weighted by molar-refractivity contribution is 0.871. The van der Waals surface area contributed by atoms with E-state index in [1.165, 1.54) is 5.39 Å². The first-order chi connectivity index (χ1) is 7.83. The summed E-state index contributed by atoms with van der Waals surface area (Å²) in [6.07, 6.45) is 2.77. The second-order valence-electron chi connectivity index (χ2n) is 3.56. The summed E-state index contributed by atoms with van der Waals surface area (Å²) in [5, 5.41) is 5.61. The van der Waals surface area contributed by atoms with Gasteiger partial charge in [-0.1, -0.05) is 28.1 Å². The first-order valence-corrected chi connectivity index (χ1v) is 6.09. The number of halogens is 1. The Morgan fingerprint density at radius 3 is 2.94 bits per heavy atom. The standard InChI is InChI=1S/C12H14BrN3/c13-11-4-1-3-10-9(11)5-8-16-12(10)15-7-2-6-14/h1,3-5,8H,2,6-7,14H2,(H,15,16). The van der Waals surface area contributed by atoms with Gasteiger partial charge in [-0.05, 0) is 25.1 Å². The molecular formula is C12H14BrN3. The summed E-state index contributed by atoms with van der Waals surface area (Å²) < 4.78 is 1.09. The number of fused-ring (bicyclic) bond motifs is 1. The number of nitrogens with two attached hydrogens (primary N) is 1. The van der Waals surface area contributed by atoms with E-state index in [1.807, 2.05) is 24.4 Å². The number of anilines is 1. The van der Waals surface area contributed by atoms with Crippen LogP contribution >= 0.6 is 15.9 Å². The SMILES string of the molecule is NCCCNc1nccc2c(Br)cccc12. The fraction of sp³-hybridized carbons (Fsp3) is 0.250. The minimum Gasteiger partial charge on any atom is -0.370 e. The van der Waals surface area contributed by atoms with Crippen LogP contribution in [0.3, 0.4) is 0 Å². The fourth-order valence-electron chi connectivity index (χ4n) is 1.62. The van der Waals surface area contributed by atoms with Crippen LogP contribution in [0.1, 0.15) is 6.42 Å². The van der Waals surface area contributed by atoms with Crippen LogP contribution < -0.4 is 11.1 Å². The van der Waals surface area contributed by atoms with Crippen molar-refractivity contribution >= 4 is 32.5 Å². The molecule has 0 spiro atoms. The minimum absolute atomic E-state index is 0.696. The maximum absolute atomic E-state index is 5.46. The van der Waals surface area contributed by atoms with Crippen LogP contribution in [0.5, 0.6) is 0 Å². The van der Waals surface area contributed by atoms with Gasteiger partial charge in [-0.25, -0.2) is 4.98 Å². The molecule has 1 aromatic carbocycles. The van der Waals surface area contributed by atoms with Gasteiger partial charge in [0.15, 0.2) is 0 Å². The van der Waals surface area contributed by atoms with E-state index in [1.54, 1.807) is 0 Å². The van der Waals surface area contributed by atoms with Gasteiger partial charge >= 0.3 is 0 Å². The Morgan fingerprint density at radius 2 is 2.12 bits per heavy atom. The summed E-state index contributed by atoms with van der Waals surface area (Å²) in [6, 6.07) is 8.12. The molecule has 0 saturated carbocycles. The largest absolute Gasteiger partial charge is 0.370 e. The molecule has 0 aliphatic carbocycles. The van der Waals surface area contributed by atoms with Gasteiger partial charge < -0.3 is 11.1 Å². The molecule has 16 heavy (non-hydrogen) atoms. The van der Waals surface area contributed by atoms with Gasteiger partial charge in [0.25, 0.3) is 0 Å². The Kier molecular flexibility index (Phi) is 3.74. The van der Waals surface area contributed by atoms with Crippen molar-refractivity contribution < 1.29 is 0 Å². The number of aromatic nitrogens is 1. The molecular weight excluding hydrogens is 266 g/mol. The second-order valence-corrected chi connectivity index (χ2v) is 4.42. The Balaban J connectivity index is 2.34. The number of rotatable bonds is 4. The topological polar surface area (TPSA) is 50.9 Å². The van der Waals surface area contributed by atoms with Crippen molar-refractivity contribution in [3.8, 4) is 0 Å². The van der Waals surface area contributed by atoms with Gasteiger partial charge in [0.2, 0.25) is 0 Å². The van der Waals surface area contributed by atoms with Crippen molar-refractivity contribution in [2.45, 2.75) is 6.42 Å². The summed E-state index contributed by atoms with van der Waals surface area (Å²) in [7, 11) is 0. The van der Waals surface area contributed by atoms with E-state index in [4.69, 9.17) is 5.73 Å². The Hall–Kier alpha value is -1.13. The van der Waals surface area contributed by atoms with Crippen molar-refractivity contribution in [1.29, 1.82) is 0 Å². The highest BCUT2D eigenvalue weighted by Crippen LogP contribution is 2.27. The van der Waals surface area contributed by atoms with Gasteiger partial charge in [-0.2, -0.15) is 0 Å². The lowest BCUT2D eigenvalue weighted by Crippen LogP contribution is -2.09. The Labute approximate surface area is 103 Å². The molecule has 0 saturated heterocycles. The summed E-state index contributed by atoms with van der Waals surface area (Å²) in [4.78, 5) is 4.35. The predicted octanol–water partition coefficient (Wildman–Crippen LogP) is 2.76. The van der Waals surface area contributed by atoms with Gasteiger partial charge in [-0.15, -0.1) is 0 Å². The van der Waals surface area contributed by atoms with Crippen LogP contribution in [-0.4, -0.2) is 18.1 Å². The molecule has 0 aliphatic heterocycles. The summed E-state index contributed by atoms with van der Waals surface area (Å²) >= 11 is 3.54. The van der Waals surface area contributed by atoms with Crippen molar-refractivity contribution in [1.82, 2.24) is 4.98 Å². The smallest absolute Gasteiger partial charge is 0.133 e. The maximum Gasteiger partial charge on any atom is 0.133 e. The molecule has 4 heteroatoms. The second kappa shape index (κ2) is 5.27. The van der Waals surface area contributed by atoms with E-state index < -0.39 is 0 Å². The zero-order valence-electron chi connectivity index (χ0n) is 8.91. The zero-order valence-corrected chi connectivity index (χ0v) is 10.5. The van der Waals surface area contributed by atoms with Gasteiger partial charge in [-0.3, -0.25) is 0 Å². The molecule has 3 N–H and O–H groups in total. The van der Waals surface area contributed by atoms with E-state index in [0.29, 0.717) is 6.54 Å². The van der Waals surface area contributed by atoms with E-state index >= 15 is 0 Å². The van der Waals surface area contributed by atoms with Crippen molar-refractivity contribution in [3.63, 3.8) is 0 Å². The molecule has 0 amide bonds. The lowest BCUT2D eigenvalue weighted by Gasteiger charge is -2.08. The number of benzene rings is 1. The van der Waals surface area contributed by atoms with Crippen LogP contribution in [-0.2, 0) is 0 Å². The van der Waals surface area contributed by atoms with Crippen LogP contribution in [0.2, 0.25) is 0 Å². The van der Waals surface area contributed by atoms with E-state index in [2.05, 4.69) is 32.3 Å². The van der Waals surface area contributed by atoms with Crippen molar-refractivity contribution in [3.05, 3.63) is 34.9 Å². The Bertz CT molecular complexity index is 485. The number of nitrogens with zero attached hydrogens (tertiary/aromatic N) is 1. The minimum atomic E-state index is 0.696. The summed E-state index contributed by atoms with van der Waals surface area (Å²) in [5.74, 6) is 0.923. The van der Waals surface area contributed by atoms with Crippen LogP contribution in [0, 0.1) is 0 Å². The molecule has 1 heterocycles. The van der Waals surface area contributed by atoms with Crippen LogP contribution in [0.4, 0.5) is 5.82 Å². The molecule has 0 unspecified atom stereocenters. The average Bonchev–Trinajstić information content (AvgIpc) is 2.31. The monoisotopic (exact) mass is 279 g/mol. The third-order valence-electron chi connectivity index (χ3n) is 2.43. The fourth-order valence-corrected chi connectivity index (χ4v) is 2.12. The van der Waals surface area contributed by atoms with Crippen LogP contribution in [0.15, 0.2) is 34.9 Å². The zero-order chi connectivity index (χ0) is 11.4. The van der Waals surface area contributed by atoms with E-state index in [9.17, 15) is 0 Å². The highest BCUT2D eigenvalue weighted by molar-refractivity contribution is 9.10. The first-order valence-electron chi connectivity index (χ1n) is 5.30. The molecule has 0 bridgehead atoms. The highest BCUT2D eigenvalue weighted by atomic mass is 79.9. The van der Waals surface area contributed by atoms with Crippen molar-refractivity contribution in [2.24, 2.45) is 5.73 Å². The normalized spacial score (nSPS) is 10.6. The molecule has 2 aromatic rings. The molecule has 0 atom stereocenters. The lowest BCUT2D eigenvalue weighted by atomic mass is 10.1. The van der Waals surface area contributed by atoms with Crippen molar-refractivity contribution in [2.75, 3.05) is 18.4 Å². The first kappa shape index (κ1) is 11.4. The maximum atomic E-state index is 5.46. The molecule has 3 nitrogen and oxygen atoms in total. The number of hydrogen-bond acceptors (Lipinski definition) is 3. The van der Waals surface area contributed by atoms with E-state index in [0.717, 1.165) is 28.6 Å². The van der Waals surface area contributed by atoms with Gasteiger partial charge in [0.05, 0.1) is 0 Å². The average molecular weight is 280 g/mol. The molecule has 1 aromatic heterocycles. The third kappa shape index (κ3) is 2.33. The number of nitrogens with one attached hydrogen (secondary N) is 1. The molecule has 84 valence electrons. The van der Waals surface area contributed by atoms with Crippen LogP contribution in [0.25, 0.3) is 10.8 Å². The molecule has 0 aliphatic rings. The number of pyridine rings is 1. The Morgan fingerprint density at radius 1 is 1.25 bits per heavy atom. The van der Waals surface area contributed by atoms with Gasteiger partial charge in [0, 0.05) is 28.0 Å². The number of hydrogen-bond donors (Lipinski definition) is 2. The van der Waals surface area contributed by atoms with Gasteiger partial charge in [0.1, 0.15) is 5.82 Å². The highest BCUT2D eigenvalue weighted by Gasteiger charge is 2.03. The molecule has 2 rings (SSSR count). The molecule has 0 fully saturated rings. The summed E-state index contributed by atoms with van der Waals surface area (Å²) in [5.41, 5.74) is 5.46. The van der Waals surface area contributed by atoms with E-state index in [-0.39, 0.29) is 0 Å². The molecule has 0 radical (unpaired) electrons. The third-order valence-corrected chi connectivity index (χ3v) is 3.12.